The van der Waals surface area contributed by atoms with E-state index >= 15 is 0 Å². The second kappa shape index (κ2) is 9.31. The van der Waals surface area contributed by atoms with Gasteiger partial charge in [0.15, 0.2) is 0 Å². The Hall–Kier alpha value is -1.53. The minimum Gasteiger partial charge on any atom is -0.351 e. The Morgan fingerprint density at radius 2 is 1.96 bits per heavy atom. The number of aromatic nitrogens is 1. The molecule has 3 nitrogen and oxygen atoms in total. The molecule has 0 unspecified atom stereocenters. The SMILES string of the molecule is CC(C)(CNC(=O)c1ccccc1SCc1cscn1)c1ccc(Cl)c(Cl)c1. The number of nitrogens with one attached hydrogen (secondary N) is 1. The Morgan fingerprint density at radius 3 is 2.68 bits per heavy atom. The maximum absolute atomic E-state index is 12.8. The molecule has 0 aliphatic carbocycles. The molecule has 0 atom stereocenters. The predicted octanol–water partition coefficient (Wildman–Crippen LogP) is 6.45. The van der Waals surface area contributed by atoms with E-state index in [1.807, 2.05) is 47.3 Å². The normalized spacial score (nSPS) is 11.4. The van der Waals surface area contributed by atoms with Crippen LogP contribution in [0.1, 0.15) is 35.5 Å². The van der Waals surface area contributed by atoms with Crippen LogP contribution in [0.5, 0.6) is 0 Å². The fraction of sp³-hybridized carbons (Fsp3) is 0.238. The summed E-state index contributed by atoms with van der Waals surface area (Å²) in [5.74, 6) is 0.650. The lowest BCUT2D eigenvalue weighted by molar-refractivity contribution is 0.0942. The van der Waals surface area contributed by atoms with E-state index in [2.05, 4.69) is 24.1 Å². The summed E-state index contributed by atoms with van der Waals surface area (Å²) in [7, 11) is 0. The number of thiazole rings is 1. The van der Waals surface area contributed by atoms with Crippen LogP contribution in [0.15, 0.2) is 58.3 Å². The molecule has 0 fully saturated rings. The molecule has 0 spiro atoms. The third-order valence-electron chi connectivity index (χ3n) is 4.38. The Balaban J connectivity index is 1.68. The first-order valence-electron chi connectivity index (χ1n) is 8.69. The van der Waals surface area contributed by atoms with Crippen molar-refractivity contribution in [2.75, 3.05) is 6.54 Å². The number of halogens is 2. The van der Waals surface area contributed by atoms with Crippen LogP contribution in [0.4, 0.5) is 0 Å². The standard InChI is InChI=1S/C21H20Cl2N2OS2/c1-21(2,14-7-8-17(22)18(23)9-14)12-24-20(26)16-5-3-4-6-19(16)28-11-15-10-27-13-25-15/h3-10,13H,11-12H2,1-2H3,(H,24,26). The van der Waals surface area contributed by atoms with Crippen LogP contribution < -0.4 is 5.32 Å². The predicted molar refractivity (Wildman–Crippen MR) is 120 cm³/mol. The van der Waals surface area contributed by atoms with Gasteiger partial charge in [-0.25, -0.2) is 4.98 Å². The van der Waals surface area contributed by atoms with Gasteiger partial charge in [-0.05, 0) is 29.8 Å². The first kappa shape index (κ1) is 21.2. The number of thioether (sulfide) groups is 1. The number of rotatable bonds is 7. The monoisotopic (exact) mass is 450 g/mol. The molecule has 0 aliphatic rings. The average molecular weight is 451 g/mol. The summed E-state index contributed by atoms with van der Waals surface area (Å²) in [5, 5.41) is 6.13. The van der Waals surface area contributed by atoms with Gasteiger partial charge < -0.3 is 5.32 Å². The van der Waals surface area contributed by atoms with Gasteiger partial charge in [0.1, 0.15) is 0 Å². The summed E-state index contributed by atoms with van der Waals surface area (Å²) in [5.41, 5.74) is 4.25. The number of hydrogen-bond donors (Lipinski definition) is 1. The Morgan fingerprint density at radius 1 is 1.18 bits per heavy atom. The number of benzene rings is 2. The summed E-state index contributed by atoms with van der Waals surface area (Å²) >= 11 is 15.4. The van der Waals surface area contributed by atoms with Crippen molar-refractivity contribution in [3.63, 3.8) is 0 Å². The van der Waals surface area contributed by atoms with Gasteiger partial charge in [-0.2, -0.15) is 0 Å². The lowest BCUT2D eigenvalue weighted by atomic mass is 9.84. The zero-order valence-corrected chi connectivity index (χ0v) is 18.7. The first-order chi connectivity index (χ1) is 13.4. The summed E-state index contributed by atoms with van der Waals surface area (Å²) < 4.78 is 0. The quantitative estimate of drug-likeness (QED) is 0.420. The minimum atomic E-state index is -0.285. The van der Waals surface area contributed by atoms with Crippen molar-refractivity contribution in [1.82, 2.24) is 10.3 Å². The molecule has 1 aromatic heterocycles. The van der Waals surface area contributed by atoms with Crippen LogP contribution in [0.25, 0.3) is 0 Å². The molecule has 0 saturated carbocycles. The van der Waals surface area contributed by atoms with Gasteiger partial charge in [-0.15, -0.1) is 23.1 Å². The molecule has 0 saturated heterocycles. The zero-order chi connectivity index (χ0) is 20.1. The molecule has 3 aromatic rings. The van der Waals surface area contributed by atoms with Crippen molar-refractivity contribution < 1.29 is 4.79 Å². The summed E-state index contributed by atoms with van der Waals surface area (Å²) in [4.78, 5) is 18.1. The van der Waals surface area contributed by atoms with Gasteiger partial charge in [0, 0.05) is 28.0 Å². The smallest absolute Gasteiger partial charge is 0.252 e. The number of carbonyl (C=O) groups excluding carboxylic acids is 1. The van der Waals surface area contributed by atoms with Gasteiger partial charge in [0.05, 0.1) is 26.8 Å². The van der Waals surface area contributed by atoms with Crippen LogP contribution in [-0.4, -0.2) is 17.4 Å². The molecule has 3 rings (SSSR count). The van der Waals surface area contributed by atoms with E-state index in [9.17, 15) is 4.79 Å². The van der Waals surface area contributed by atoms with Crippen molar-refractivity contribution in [1.29, 1.82) is 0 Å². The average Bonchev–Trinajstić information content (AvgIpc) is 3.20. The molecule has 1 N–H and O–H groups in total. The van der Waals surface area contributed by atoms with Crippen LogP contribution in [-0.2, 0) is 11.2 Å². The topological polar surface area (TPSA) is 42.0 Å². The largest absolute Gasteiger partial charge is 0.351 e. The summed E-state index contributed by atoms with van der Waals surface area (Å²) in [6, 6.07) is 13.2. The number of amides is 1. The fourth-order valence-electron chi connectivity index (χ4n) is 2.66. The Kier molecular flexibility index (Phi) is 7.05. The minimum absolute atomic E-state index is 0.0884. The second-order valence-corrected chi connectivity index (χ2v) is 9.51. The van der Waals surface area contributed by atoms with Crippen LogP contribution in [0.3, 0.4) is 0 Å². The molecule has 146 valence electrons. The number of hydrogen-bond acceptors (Lipinski definition) is 4. The van der Waals surface area contributed by atoms with Crippen molar-refractivity contribution in [2.24, 2.45) is 0 Å². The van der Waals surface area contributed by atoms with Crippen molar-refractivity contribution in [3.8, 4) is 0 Å². The zero-order valence-electron chi connectivity index (χ0n) is 15.5. The molecule has 2 aromatic carbocycles. The maximum Gasteiger partial charge on any atom is 0.252 e. The van der Waals surface area contributed by atoms with E-state index in [4.69, 9.17) is 23.2 Å². The van der Waals surface area contributed by atoms with E-state index < -0.39 is 0 Å². The molecule has 1 amide bonds. The van der Waals surface area contributed by atoms with E-state index in [1.165, 1.54) is 0 Å². The van der Waals surface area contributed by atoms with Crippen molar-refractivity contribution >= 4 is 52.2 Å². The van der Waals surface area contributed by atoms with Gasteiger partial charge >= 0.3 is 0 Å². The Bertz CT molecular complexity index is 959. The van der Waals surface area contributed by atoms with Gasteiger partial charge in [-0.3, -0.25) is 4.79 Å². The Labute approximate surface area is 183 Å². The highest BCUT2D eigenvalue weighted by molar-refractivity contribution is 7.98. The van der Waals surface area contributed by atoms with E-state index in [-0.39, 0.29) is 11.3 Å². The molecular weight excluding hydrogens is 431 g/mol. The lowest BCUT2D eigenvalue weighted by Gasteiger charge is -2.26. The molecule has 0 radical (unpaired) electrons. The summed E-state index contributed by atoms with van der Waals surface area (Å²) in [6.07, 6.45) is 0. The van der Waals surface area contributed by atoms with Crippen LogP contribution >= 0.6 is 46.3 Å². The first-order valence-corrected chi connectivity index (χ1v) is 11.4. The number of carbonyl (C=O) groups is 1. The van der Waals surface area contributed by atoms with Crippen LogP contribution in [0.2, 0.25) is 10.0 Å². The highest BCUT2D eigenvalue weighted by Crippen LogP contribution is 2.30. The summed E-state index contributed by atoms with van der Waals surface area (Å²) in [6.45, 7) is 4.61. The highest BCUT2D eigenvalue weighted by atomic mass is 35.5. The van der Waals surface area contributed by atoms with E-state index in [0.717, 1.165) is 21.9 Å². The third-order valence-corrected chi connectivity index (χ3v) is 6.86. The van der Waals surface area contributed by atoms with Gasteiger partial charge in [0.25, 0.3) is 5.91 Å². The lowest BCUT2D eigenvalue weighted by Crippen LogP contribution is -2.36. The van der Waals surface area contributed by atoms with Crippen molar-refractivity contribution in [2.45, 2.75) is 29.9 Å². The van der Waals surface area contributed by atoms with Gasteiger partial charge in [0.2, 0.25) is 0 Å². The second-order valence-electron chi connectivity index (χ2n) is 6.96. The molecule has 0 bridgehead atoms. The van der Waals surface area contributed by atoms with E-state index in [0.29, 0.717) is 22.2 Å². The molecule has 0 aliphatic heterocycles. The van der Waals surface area contributed by atoms with E-state index in [1.54, 1.807) is 29.2 Å². The molecule has 1 heterocycles. The number of nitrogens with zero attached hydrogens (tertiary/aromatic N) is 1. The third kappa shape index (κ3) is 5.29. The molecular formula is C21H20Cl2N2OS2. The van der Waals surface area contributed by atoms with Crippen LogP contribution in [0, 0.1) is 0 Å². The maximum atomic E-state index is 12.8. The molecule has 7 heteroatoms. The van der Waals surface area contributed by atoms with Gasteiger partial charge in [-0.1, -0.05) is 55.2 Å². The highest BCUT2D eigenvalue weighted by Gasteiger charge is 2.23. The van der Waals surface area contributed by atoms with Crippen molar-refractivity contribution in [3.05, 3.63) is 80.2 Å². The molecule has 28 heavy (non-hydrogen) atoms. The fourth-order valence-corrected chi connectivity index (χ4v) is 4.57.